The molecular weight excluding hydrogens is 448 g/mol. The Hall–Kier alpha value is -3.04. The Morgan fingerprint density at radius 3 is 2.38 bits per heavy atom. The number of nitrogens with one attached hydrogen (secondary N) is 2. The van der Waals surface area contributed by atoms with Gasteiger partial charge in [-0.3, -0.25) is 25.0 Å². The fourth-order valence-electron chi connectivity index (χ4n) is 3.42. The molecule has 0 spiro atoms. The third-order valence-corrected chi connectivity index (χ3v) is 6.20. The van der Waals surface area contributed by atoms with Gasteiger partial charge in [-0.1, -0.05) is 41.6 Å². The molecular formula is C22H23ClN6O2S. The van der Waals surface area contributed by atoms with Gasteiger partial charge >= 0.3 is 0 Å². The van der Waals surface area contributed by atoms with Gasteiger partial charge in [-0.25, -0.2) is 0 Å². The van der Waals surface area contributed by atoms with Crippen molar-refractivity contribution in [2.24, 2.45) is 0 Å². The van der Waals surface area contributed by atoms with E-state index in [2.05, 4.69) is 25.9 Å². The van der Waals surface area contributed by atoms with Crippen LogP contribution in [0.2, 0.25) is 5.02 Å². The molecule has 2 N–H and O–H groups in total. The smallest absolute Gasteiger partial charge is 0.269 e. The Morgan fingerprint density at radius 2 is 1.66 bits per heavy atom. The van der Waals surface area contributed by atoms with Crippen LogP contribution in [0.25, 0.3) is 5.69 Å². The number of para-hydroxylation sites is 1. The molecule has 1 aliphatic rings. The lowest BCUT2D eigenvalue weighted by molar-refractivity contribution is -0.119. The average molecular weight is 471 g/mol. The van der Waals surface area contributed by atoms with Crippen molar-refractivity contribution >= 4 is 41.1 Å². The SMILES string of the molecule is O=C(CSc1nnc(N2CCCCC2)n1-c1ccccc1)NNC(=O)c1ccc(Cl)cc1. The number of thioether (sulfide) groups is 1. The first-order valence-electron chi connectivity index (χ1n) is 10.3. The monoisotopic (exact) mass is 470 g/mol. The number of carbonyl (C=O) groups excluding carboxylic acids is 2. The van der Waals surface area contributed by atoms with Crippen LogP contribution in [0, 0.1) is 0 Å². The molecule has 1 fully saturated rings. The molecule has 0 bridgehead atoms. The number of hydrogen-bond donors (Lipinski definition) is 2. The first kappa shape index (κ1) is 22.2. The lowest BCUT2D eigenvalue weighted by Gasteiger charge is -2.27. The van der Waals surface area contributed by atoms with Crippen molar-refractivity contribution in [2.75, 3.05) is 23.7 Å². The summed E-state index contributed by atoms with van der Waals surface area (Å²) in [4.78, 5) is 26.7. The predicted octanol–water partition coefficient (Wildman–Crippen LogP) is 3.46. The number of hydrazine groups is 1. The summed E-state index contributed by atoms with van der Waals surface area (Å²) in [7, 11) is 0. The fraction of sp³-hybridized carbons (Fsp3) is 0.273. The van der Waals surface area contributed by atoms with Crippen molar-refractivity contribution in [2.45, 2.75) is 24.4 Å². The molecule has 0 saturated carbocycles. The highest BCUT2D eigenvalue weighted by atomic mass is 35.5. The Morgan fingerprint density at radius 1 is 0.938 bits per heavy atom. The molecule has 4 rings (SSSR count). The highest BCUT2D eigenvalue weighted by Crippen LogP contribution is 2.28. The molecule has 1 saturated heterocycles. The molecule has 0 radical (unpaired) electrons. The lowest BCUT2D eigenvalue weighted by atomic mass is 10.1. The van der Waals surface area contributed by atoms with E-state index in [1.54, 1.807) is 24.3 Å². The van der Waals surface area contributed by atoms with E-state index in [0.29, 0.717) is 15.7 Å². The van der Waals surface area contributed by atoms with Crippen LogP contribution in [0.5, 0.6) is 0 Å². The van der Waals surface area contributed by atoms with E-state index < -0.39 is 5.91 Å². The number of rotatable bonds is 6. The molecule has 32 heavy (non-hydrogen) atoms. The second-order valence-corrected chi connectivity index (χ2v) is 8.68. The van der Waals surface area contributed by atoms with Crippen LogP contribution in [0.3, 0.4) is 0 Å². The topological polar surface area (TPSA) is 92.2 Å². The molecule has 3 aromatic rings. The average Bonchev–Trinajstić information content (AvgIpc) is 3.27. The quantitative estimate of drug-likeness (QED) is 0.423. The number of aromatic nitrogens is 3. The number of anilines is 1. The number of benzene rings is 2. The number of nitrogens with zero attached hydrogens (tertiary/aromatic N) is 4. The molecule has 0 aliphatic carbocycles. The molecule has 8 nitrogen and oxygen atoms in total. The molecule has 2 amide bonds. The summed E-state index contributed by atoms with van der Waals surface area (Å²) >= 11 is 7.10. The van der Waals surface area contributed by atoms with Crippen LogP contribution in [0.15, 0.2) is 59.8 Å². The van der Waals surface area contributed by atoms with Crippen molar-refractivity contribution in [3.8, 4) is 5.69 Å². The van der Waals surface area contributed by atoms with Crippen LogP contribution in [-0.4, -0.2) is 45.4 Å². The maximum absolute atomic E-state index is 12.3. The third kappa shape index (κ3) is 5.41. The van der Waals surface area contributed by atoms with Crippen LogP contribution in [0.1, 0.15) is 29.6 Å². The molecule has 166 valence electrons. The first-order valence-corrected chi connectivity index (χ1v) is 11.7. The number of hydrogen-bond acceptors (Lipinski definition) is 6. The molecule has 2 aromatic carbocycles. The van der Waals surface area contributed by atoms with Crippen LogP contribution in [-0.2, 0) is 4.79 Å². The Bertz CT molecular complexity index is 1070. The zero-order valence-corrected chi connectivity index (χ0v) is 18.9. The van der Waals surface area contributed by atoms with Crippen LogP contribution >= 0.6 is 23.4 Å². The molecule has 2 heterocycles. The van der Waals surface area contributed by atoms with Crippen LogP contribution in [0.4, 0.5) is 5.95 Å². The van der Waals surface area contributed by atoms with E-state index in [-0.39, 0.29) is 11.7 Å². The summed E-state index contributed by atoms with van der Waals surface area (Å²) in [5.41, 5.74) is 6.19. The highest BCUT2D eigenvalue weighted by molar-refractivity contribution is 7.99. The van der Waals surface area contributed by atoms with E-state index >= 15 is 0 Å². The summed E-state index contributed by atoms with van der Waals surface area (Å²) in [5, 5.41) is 9.92. The Kier molecular flexibility index (Phi) is 7.28. The van der Waals surface area contributed by atoms with Gasteiger partial charge in [0, 0.05) is 23.7 Å². The summed E-state index contributed by atoms with van der Waals surface area (Å²) in [6.45, 7) is 1.87. The van der Waals surface area contributed by atoms with E-state index in [4.69, 9.17) is 11.6 Å². The van der Waals surface area contributed by atoms with E-state index in [9.17, 15) is 9.59 Å². The molecule has 10 heteroatoms. The molecule has 0 unspecified atom stereocenters. The van der Waals surface area contributed by atoms with E-state index in [1.807, 2.05) is 34.9 Å². The van der Waals surface area contributed by atoms with Gasteiger partial charge in [0.1, 0.15) is 0 Å². The van der Waals surface area contributed by atoms with Gasteiger partial charge in [0.15, 0.2) is 5.16 Å². The fourth-order valence-corrected chi connectivity index (χ4v) is 4.30. The number of piperidine rings is 1. The Labute approximate surface area is 195 Å². The minimum atomic E-state index is -0.417. The summed E-state index contributed by atoms with van der Waals surface area (Å²) < 4.78 is 1.98. The molecule has 0 atom stereocenters. The van der Waals surface area contributed by atoms with Crippen molar-refractivity contribution in [1.82, 2.24) is 25.6 Å². The van der Waals surface area contributed by atoms with E-state index in [0.717, 1.165) is 37.6 Å². The predicted molar refractivity (Wildman–Crippen MR) is 125 cm³/mol. The number of carbonyl (C=O) groups is 2. The summed E-state index contributed by atoms with van der Waals surface area (Å²) in [6, 6.07) is 16.3. The highest BCUT2D eigenvalue weighted by Gasteiger charge is 2.22. The Balaban J connectivity index is 1.41. The van der Waals surface area contributed by atoms with Crippen molar-refractivity contribution in [3.05, 3.63) is 65.2 Å². The van der Waals surface area contributed by atoms with E-state index in [1.165, 1.54) is 18.2 Å². The maximum Gasteiger partial charge on any atom is 0.269 e. The van der Waals surface area contributed by atoms with Gasteiger partial charge in [0.25, 0.3) is 5.91 Å². The second kappa shape index (κ2) is 10.5. The standard InChI is InChI=1S/C22H23ClN6O2S/c23-17-11-9-16(10-12-17)20(31)25-24-19(30)15-32-22-27-26-21(28-13-5-2-6-14-28)29(22)18-7-3-1-4-8-18/h1,3-4,7-12H,2,5-6,13-15H2,(H,24,30)(H,25,31). The largest absolute Gasteiger partial charge is 0.341 e. The minimum Gasteiger partial charge on any atom is -0.341 e. The second-order valence-electron chi connectivity index (χ2n) is 7.30. The van der Waals surface area contributed by atoms with Gasteiger partial charge in [0.05, 0.1) is 11.4 Å². The van der Waals surface area contributed by atoms with Crippen molar-refractivity contribution in [1.29, 1.82) is 0 Å². The number of halogens is 1. The van der Waals surface area contributed by atoms with Gasteiger partial charge in [0.2, 0.25) is 11.9 Å². The maximum atomic E-state index is 12.3. The summed E-state index contributed by atoms with van der Waals surface area (Å²) in [5.74, 6) is 0.0976. The number of amides is 2. The summed E-state index contributed by atoms with van der Waals surface area (Å²) in [6.07, 6.45) is 3.47. The third-order valence-electron chi connectivity index (χ3n) is 5.02. The van der Waals surface area contributed by atoms with Crippen molar-refractivity contribution in [3.63, 3.8) is 0 Å². The zero-order chi connectivity index (χ0) is 22.3. The molecule has 1 aromatic heterocycles. The van der Waals surface area contributed by atoms with Gasteiger partial charge in [-0.2, -0.15) is 0 Å². The normalized spacial score (nSPS) is 13.6. The first-order chi connectivity index (χ1) is 15.6. The molecule has 1 aliphatic heterocycles. The van der Waals surface area contributed by atoms with Gasteiger partial charge in [-0.05, 0) is 55.7 Å². The van der Waals surface area contributed by atoms with Gasteiger partial charge in [-0.15, -0.1) is 10.2 Å². The lowest BCUT2D eigenvalue weighted by Crippen LogP contribution is -2.42. The van der Waals surface area contributed by atoms with Crippen molar-refractivity contribution < 1.29 is 9.59 Å². The minimum absolute atomic E-state index is 0.0753. The van der Waals surface area contributed by atoms with Gasteiger partial charge < -0.3 is 4.90 Å². The van der Waals surface area contributed by atoms with Crippen LogP contribution < -0.4 is 15.8 Å². The zero-order valence-electron chi connectivity index (χ0n) is 17.3.